The highest BCUT2D eigenvalue weighted by molar-refractivity contribution is 9.10. The highest BCUT2D eigenvalue weighted by atomic mass is 79.9. The maximum atomic E-state index is 12.0. The Morgan fingerprint density at radius 2 is 2.38 bits per heavy atom. The van der Waals surface area contributed by atoms with E-state index in [1.165, 1.54) is 12.8 Å². The first kappa shape index (κ1) is 11.7. The number of carbonyl (C=O) groups excluding carboxylic acids is 1. The van der Waals surface area contributed by atoms with Crippen molar-refractivity contribution in [2.24, 2.45) is 0 Å². The van der Waals surface area contributed by atoms with E-state index in [2.05, 4.69) is 32.7 Å². The lowest BCUT2D eigenvalue weighted by Gasteiger charge is -2.12. The Hall–Kier alpha value is -0.770. The van der Waals surface area contributed by atoms with Crippen molar-refractivity contribution in [3.63, 3.8) is 0 Å². The highest BCUT2D eigenvalue weighted by Gasteiger charge is 2.27. The van der Waals surface area contributed by atoms with Crippen molar-refractivity contribution in [3.05, 3.63) is 22.4 Å². The van der Waals surface area contributed by atoms with Crippen LogP contribution in [-0.2, 0) is 0 Å². The van der Waals surface area contributed by atoms with Crippen LogP contribution >= 0.6 is 15.9 Å². The Morgan fingerprint density at radius 1 is 1.69 bits per heavy atom. The van der Waals surface area contributed by atoms with Crippen molar-refractivity contribution in [3.8, 4) is 0 Å². The minimum atomic E-state index is 0.0342. The summed E-state index contributed by atoms with van der Waals surface area (Å²) in [6, 6.07) is 2.66. The number of carbonyl (C=O) groups is 1. The molecule has 88 valence electrons. The van der Waals surface area contributed by atoms with E-state index in [9.17, 15) is 4.79 Å². The van der Waals surface area contributed by atoms with Gasteiger partial charge in [-0.2, -0.15) is 0 Å². The van der Waals surface area contributed by atoms with Gasteiger partial charge in [-0.3, -0.25) is 4.79 Å². The smallest absolute Gasteiger partial charge is 0.268 e. The fourth-order valence-electron chi connectivity index (χ4n) is 1.68. The maximum absolute atomic E-state index is 12.0. The average molecular weight is 285 g/mol. The minimum Gasteiger partial charge on any atom is -0.348 e. The summed E-state index contributed by atoms with van der Waals surface area (Å²) in [7, 11) is 0. The fraction of sp³-hybridized carbons (Fsp3) is 0.583. The number of hydrogen-bond acceptors (Lipinski definition) is 1. The third-order valence-corrected chi connectivity index (χ3v) is 3.41. The molecule has 0 saturated heterocycles. The Kier molecular flexibility index (Phi) is 3.38. The Bertz CT molecular complexity index is 396. The monoisotopic (exact) mass is 284 g/mol. The lowest BCUT2D eigenvalue weighted by molar-refractivity contribution is 0.0929. The summed E-state index contributed by atoms with van der Waals surface area (Å²) in [4.78, 5) is 12.0. The first-order valence-corrected chi connectivity index (χ1v) is 6.59. The predicted molar refractivity (Wildman–Crippen MR) is 67.6 cm³/mol. The van der Waals surface area contributed by atoms with Crippen LogP contribution in [0.3, 0.4) is 0 Å². The lowest BCUT2D eigenvalue weighted by Crippen LogP contribution is -2.33. The summed E-state index contributed by atoms with van der Waals surface area (Å²) in [6.07, 6.45) is 5.33. The van der Waals surface area contributed by atoms with E-state index in [4.69, 9.17) is 0 Å². The number of nitrogens with one attached hydrogen (secondary N) is 1. The topological polar surface area (TPSA) is 34.0 Å². The molecule has 0 bridgehead atoms. The molecule has 1 N–H and O–H groups in total. The predicted octanol–water partition coefficient (Wildman–Crippen LogP) is 3.11. The van der Waals surface area contributed by atoms with Gasteiger partial charge in [0.2, 0.25) is 0 Å². The molecule has 1 amide bonds. The summed E-state index contributed by atoms with van der Waals surface area (Å²) in [5.41, 5.74) is 0.773. The molecule has 1 fully saturated rings. The molecule has 16 heavy (non-hydrogen) atoms. The van der Waals surface area contributed by atoms with E-state index in [1.807, 2.05) is 19.2 Å². The van der Waals surface area contributed by atoms with Gasteiger partial charge in [-0.25, -0.2) is 0 Å². The van der Waals surface area contributed by atoms with Gasteiger partial charge in [-0.15, -0.1) is 0 Å². The quantitative estimate of drug-likeness (QED) is 0.906. The molecule has 1 saturated carbocycles. The van der Waals surface area contributed by atoms with Crippen LogP contribution in [0.25, 0.3) is 0 Å². The SMILES string of the molecule is CCC(C)NC(=O)c1cc(Br)cn1C1CC1. The lowest BCUT2D eigenvalue weighted by atomic mass is 10.2. The summed E-state index contributed by atoms with van der Waals surface area (Å²) >= 11 is 3.43. The number of rotatable bonds is 4. The van der Waals surface area contributed by atoms with Crippen LogP contribution in [-0.4, -0.2) is 16.5 Å². The Labute approximate surface area is 104 Å². The van der Waals surface area contributed by atoms with E-state index in [0.717, 1.165) is 16.6 Å². The Balaban J connectivity index is 2.15. The van der Waals surface area contributed by atoms with Gasteiger partial charge in [-0.05, 0) is 48.2 Å². The number of nitrogens with zero attached hydrogens (tertiary/aromatic N) is 1. The summed E-state index contributed by atoms with van der Waals surface area (Å²) < 4.78 is 3.07. The van der Waals surface area contributed by atoms with Crippen molar-refractivity contribution in [1.29, 1.82) is 0 Å². The van der Waals surface area contributed by atoms with E-state index in [-0.39, 0.29) is 11.9 Å². The zero-order chi connectivity index (χ0) is 11.7. The van der Waals surface area contributed by atoms with Crippen molar-refractivity contribution in [1.82, 2.24) is 9.88 Å². The molecule has 0 aromatic carbocycles. The number of amides is 1. The molecule has 0 aliphatic heterocycles. The van der Waals surface area contributed by atoms with Crippen molar-refractivity contribution in [2.45, 2.75) is 45.2 Å². The number of halogens is 1. The summed E-state index contributed by atoms with van der Waals surface area (Å²) in [5, 5.41) is 3.00. The average Bonchev–Trinajstić information content (AvgIpc) is 3.01. The molecule has 1 aromatic heterocycles. The second-order valence-electron chi connectivity index (χ2n) is 4.46. The van der Waals surface area contributed by atoms with E-state index < -0.39 is 0 Å². The third kappa shape index (κ3) is 2.48. The minimum absolute atomic E-state index is 0.0342. The van der Waals surface area contributed by atoms with Crippen molar-refractivity contribution in [2.75, 3.05) is 0 Å². The number of hydrogen-bond donors (Lipinski definition) is 1. The van der Waals surface area contributed by atoms with Gasteiger partial charge < -0.3 is 9.88 Å². The fourth-order valence-corrected chi connectivity index (χ4v) is 2.12. The molecule has 4 heteroatoms. The van der Waals surface area contributed by atoms with Crippen LogP contribution in [0.2, 0.25) is 0 Å². The van der Waals surface area contributed by atoms with E-state index >= 15 is 0 Å². The first-order valence-electron chi connectivity index (χ1n) is 5.80. The van der Waals surface area contributed by atoms with Crippen LogP contribution in [0.4, 0.5) is 0 Å². The molecule has 1 aliphatic carbocycles. The van der Waals surface area contributed by atoms with Crippen LogP contribution in [0, 0.1) is 0 Å². The molecular formula is C12H17BrN2O. The van der Waals surface area contributed by atoms with Crippen molar-refractivity contribution < 1.29 is 4.79 Å². The molecule has 0 spiro atoms. The molecule has 0 radical (unpaired) electrons. The molecule has 1 aromatic rings. The van der Waals surface area contributed by atoms with Gasteiger partial charge in [0.15, 0.2) is 0 Å². The first-order chi connectivity index (χ1) is 7.61. The van der Waals surface area contributed by atoms with Crippen LogP contribution in [0.5, 0.6) is 0 Å². The molecule has 1 aliphatic rings. The van der Waals surface area contributed by atoms with Gasteiger partial charge in [0.1, 0.15) is 5.69 Å². The van der Waals surface area contributed by atoms with E-state index in [1.54, 1.807) is 0 Å². The summed E-state index contributed by atoms with van der Waals surface area (Å²) in [6.45, 7) is 4.10. The molecule has 1 unspecified atom stereocenters. The molecule has 3 nitrogen and oxygen atoms in total. The van der Waals surface area contributed by atoms with Gasteiger partial charge in [0.25, 0.3) is 5.91 Å². The van der Waals surface area contributed by atoms with Crippen LogP contribution in [0.1, 0.15) is 49.6 Å². The maximum Gasteiger partial charge on any atom is 0.268 e. The second kappa shape index (κ2) is 4.62. The van der Waals surface area contributed by atoms with Crippen LogP contribution in [0.15, 0.2) is 16.7 Å². The molecule has 1 atom stereocenters. The summed E-state index contributed by atoms with van der Waals surface area (Å²) in [5.74, 6) is 0.0342. The standard InChI is InChI=1S/C12H17BrN2O/c1-3-8(2)14-12(16)11-6-9(13)7-15(11)10-4-5-10/h6-8,10H,3-5H2,1-2H3,(H,14,16). The zero-order valence-electron chi connectivity index (χ0n) is 9.66. The van der Waals surface area contributed by atoms with Crippen LogP contribution < -0.4 is 5.32 Å². The zero-order valence-corrected chi connectivity index (χ0v) is 11.3. The highest BCUT2D eigenvalue weighted by Crippen LogP contribution is 2.37. The molecular weight excluding hydrogens is 268 g/mol. The van der Waals surface area contributed by atoms with Gasteiger partial charge in [0, 0.05) is 22.8 Å². The second-order valence-corrected chi connectivity index (χ2v) is 5.38. The molecule has 1 heterocycles. The van der Waals surface area contributed by atoms with Gasteiger partial charge >= 0.3 is 0 Å². The van der Waals surface area contributed by atoms with Gasteiger partial charge in [0.05, 0.1) is 0 Å². The molecule has 2 rings (SSSR count). The largest absolute Gasteiger partial charge is 0.348 e. The third-order valence-electron chi connectivity index (χ3n) is 2.98. The normalized spacial score (nSPS) is 17.2. The van der Waals surface area contributed by atoms with Crippen molar-refractivity contribution >= 4 is 21.8 Å². The van der Waals surface area contributed by atoms with Gasteiger partial charge in [-0.1, -0.05) is 6.92 Å². The number of aromatic nitrogens is 1. The van der Waals surface area contributed by atoms with E-state index in [0.29, 0.717) is 6.04 Å². The Morgan fingerprint density at radius 3 is 2.94 bits per heavy atom.